The first kappa shape index (κ1) is 9.25. The van der Waals surface area contributed by atoms with E-state index in [2.05, 4.69) is 6.58 Å². The molecular formula is C9H8O4. The van der Waals surface area contributed by atoms with Crippen molar-refractivity contribution in [2.75, 3.05) is 0 Å². The van der Waals surface area contributed by atoms with Crippen molar-refractivity contribution in [1.29, 1.82) is 0 Å². The van der Waals surface area contributed by atoms with Gasteiger partial charge in [-0.15, -0.1) is 0 Å². The lowest BCUT2D eigenvalue weighted by molar-refractivity contribution is -0.130. The summed E-state index contributed by atoms with van der Waals surface area (Å²) < 4.78 is 9.49. The lowest BCUT2D eigenvalue weighted by Gasteiger charge is -1.99. The van der Waals surface area contributed by atoms with Gasteiger partial charge in [0.2, 0.25) is 5.76 Å². The molecule has 0 aromatic carbocycles. The van der Waals surface area contributed by atoms with Crippen LogP contribution in [0.5, 0.6) is 5.75 Å². The van der Waals surface area contributed by atoms with E-state index in [0.717, 1.165) is 0 Å². The number of rotatable bonds is 3. The highest BCUT2D eigenvalue weighted by molar-refractivity contribution is 5.90. The first-order valence-corrected chi connectivity index (χ1v) is 3.55. The molecule has 0 aliphatic rings. The third-order valence-corrected chi connectivity index (χ3v) is 1.32. The quantitative estimate of drug-likeness (QED) is 0.402. The molecule has 0 saturated carbocycles. The fraction of sp³-hybridized carbons (Fsp3) is 0.111. The molecule has 68 valence electrons. The summed E-state index contributed by atoms with van der Waals surface area (Å²) in [6.45, 7) is 4.91. The van der Waals surface area contributed by atoms with E-state index in [9.17, 15) is 9.59 Å². The number of ether oxygens (including phenoxy) is 1. The zero-order chi connectivity index (χ0) is 9.84. The smallest absolute Gasteiger partial charge is 0.338 e. The lowest BCUT2D eigenvalue weighted by Crippen LogP contribution is -2.08. The van der Waals surface area contributed by atoms with Crippen molar-refractivity contribution in [3.8, 4) is 5.75 Å². The van der Waals surface area contributed by atoms with Crippen molar-refractivity contribution >= 4 is 12.3 Å². The minimum absolute atomic E-state index is 0.00500. The molecule has 0 atom stereocenters. The summed E-state index contributed by atoms with van der Waals surface area (Å²) in [7, 11) is 0. The molecule has 0 unspecified atom stereocenters. The van der Waals surface area contributed by atoms with Crippen LogP contribution in [-0.2, 0) is 4.79 Å². The van der Waals surface area contributed by atoms with Gasteiger partial charge in [-0.25, -0.2) is 4.79 Å². The molecule has 4 heteroatoms. The van der Waals surface area contributed by atoms with Crippen LogP contribution in [0.15, 0.2) is 28.9 Å². The molecule has 1 rings (SSSR count). The Morgan fingerprint density at radius 1 is 1.69 bits per heavy atom. The van der Waals surface area contributed by atoms with Crippen LogP contribution < -0.4 is 4.74 Å². The van der Waals surface area contributed by atoms with Crippen LogP contribution in [0.4, 0.5) is 0 Å². The monoisotopic (exact) mass is 180 g/mol. The van der Waals surface area contributed by atoms with Gasteiger partial charge >= 0.3 is 5.97 Å². The minimum Gasteiger partial charge on any atom is -0.457 e. The maximum atomic E-state index is 11.0. The van der Waals surface area contributed by atoms with E-state index in [0.29, 0.717) is 6.29 Å². The van der Waals surface area contributed by atoms with Gasteiger partial charge in [-0.05, 0) is 6.92 Å². The topological polar surface area (TPSA) is 56.5 Å². The zero-order valence-corrected chi connectivity index (χ0v) is 7.07. The van der Waals surface area contributed by atoms with Gasteiger partial charge in [0.25, 0.3) is 0 Å². The standard InChI is InChI=1S/C9H8O4/c1-6(2)9(11)13-7-3-4-12-8(7)5-10/h3-5H,1H2,2H3. The second-order valence-electron chi connectivity index (χ2n) is 2.44. The summed E-state index contributed by atoms with van der Waals surface area (Å²) in [5, 5.41) is 0. The molecule has 0 spiro atoms. The molecule has 4 nitrogen and oxygen atoms in total. The van der Waals surface area contributed by atoms with Gasteiger partial charge in [0.1, 0.15) is 0 Å². The fourth-order valence-electron chi connectivity index (χ4n) is 0.666. The normalized spacial score (nSPS) is 9.31. The molecule has 0 N–H and O–H groups in total. The Balaban J connectivity index is 2.79. The highest BCUT2D eigenvalue weighted by atomic mass is 16.5. The van der Waals surface area contributed by atoms with Crippen molar-refractivity contribution in [2.24, 2.45) is 0 Å². The molecule has 0 aliphatic carbocycles. The van der Waals surface area contributed by atoms with Crippen LogP contribution >= 0.6 is 0 Å². The Kier molecular flexibility index (Phi) is 2.64. The van der Waals surface area contributed by atoms with Crippen LogP contribution in [0.2, 0.25) is 0 Å². The number of esters is 1. The van der Waals surface area contributed by atoms with Gasteiger partial charge in [-0.1, -0.05) is 6.58 Å². The number of carbonyl (C=O) groups excluding carboxylic acids is 2. The Morgan fingerprint density at radius 2 is 2.38 bits per heavy atom. The van der Waals surface area contributed by atoms with Crippen LogP contribution in [0.3, 0.4) is 0 Å². The summed E-state index contributed by atoms with van der Waals surface area (Å²) in [4.78, 5) is 21.3. The molecule has 0 radical (unpaired) electrons. The Morgan fingerprint density at radius 3 is 2.92 bits per heavy atom. The van der Waals surface area contributed by atoms with Gasteiger partial charge in [0, 0.05) is 11.6 Å². The summed E-state index contributed by atoms with van der Waals surface area (Å²) >= 11 is 0. The van der Waals surface area contributed by atoms with Crippen molar-refractivity contribution < 1.29 is 18.7 Å². The van der Waals surface area contributed by atoms with Crippen LogP contribution in [0, 0.1) is 0 Å². The third-order valence-electron chi connectivity index (χ3n) is 1.32. The molecule has 0 amide bonds. The number of carbonyl (C=O) groups is 2. The Labute approximate surface area is 74.8 Å². The van der Waals surface area contributed by atoms with Crippen LogP contribution in [-0.4, -0.2) is 12.3 Å². The predicted octanol–water partition coefficient (Wildman–Crippen LogP) is 1.57. The molecule has 1 aromatic heterocycles. The summed E-state index contributed by atoms with van der Waals surface area (Å²) in [5.74, 6) is -0.470. The highest BCUT2D eigenvalue weighted by Gasteiger charge is 2.11. The number of hydrogen-bond acceptors (Lipinski definition) is 4. The van der Waals surface area contributed by atoms with E-state index in [1.54, 1.807) is 0 Å². The number of hydrogen-bond donors (Lipinski definition) is 0. The van der Waals surface area contributed by atoms with E-state index in [-0.39, 0.29) is 17.1 Å². The lowest BCUT2D eigenvalue weighted by atomic mass is 10.3. The predicted molar refractivity (Wildman–Crippen MR) is 44.5 cm³/mol. The molecule has 0 bridgehead atoms. The molecule has 0 fully saturated rings. The second kappa shape index (κ2) is 3.71. The molecule has 1 heterocycles. The summed E-state index contributed by atoms with van der Waals surface area (Å²) in [6.07, 6.45) is 1.74. The van der Waals surface area contributed by atoms with E-state index >= 15 is 0 Å². The average Bonchev–Trinajstić information content (AvgIpc) is 2.51. The van der Waals surface area contributed by atoms with Crippen molar-refractivity contribution in [3.05, 3.63) is 30.2 Å². The van der Waals surface area contributed by atoms with Gasteiger partial charge in [0.05, 0.1) is 6.26 Å². The third kappa shape index (κ3) is 2.05. The Hall–Kier alpha value is -1.84. The minimum atomic E-state index is -0.579. The molecule has 13 heavy (non-hydrogen) atoms. The largest absolute Gasteiger partial charge is 0.457 e. The zero-order valence-electron chi connectivity index (χ0n) is 7.07. The highest BCUT2D eigenvalue weighted by Crippen LogP contribution is 2.18. The maximum absolute atomic E-state index is 11.0. The second-order valence-corrected chi connectivity index (χ2v) is 2.44. The van der Waals surface area contributed by atoms with Crippen molar-refractivity contribution in [1.82, 2.24) is 0 Å². The van der Waals surface area contributed by atoms with Crippen LogP contribution in [0.25, 0.3) is 0 Å². The molecular weight excluding hydrogens is 172 g/mol. The van der Waals surface area contributed by atoms with Gasteiger partial charge < -0.3 is 9.15 Å². The average molecular weight is 180 g/mol. The van der Waals surface area contributed by atoms with E-state index in [1.807, 2.05) is 0 Å². The maximum Gasteiger partial charge on any atom is 0.338 e. The number of aldehydes is 1. The van der Waals surface area contributed by atoms with Crippen LogP contribution in [0.1, 0.15) is 17.5 Å². The Bertz CT molecular complexity index is 348. The molecule has 1 aromatic rings. The fourth-order valence-corrected chi connectivity index (χ4v) is 0.666. The van der Waals surface area contributed by atoms with Crippen molar-refractivity contribution in [2.45, 2.75) is 6.92 Å². The number of furan rings is 1. The van der Waals surface area contributed by atoms with E-state index < -0.39 is 5.97 Å². The SMILES string of the molecule is C=C(C)C(=O)Oc1ccoc1C=O. The summed E-state index contributed by atoms with van der Waals surface area (Å²) in [6, 6.07) is 1.39. The summed E-state index contributed by atoms with van der Waals surface area (Å²) in [5.41, 5.74) is 0.262. The van der Waals surface area contributed by atoms with Gasteiger partial charge in [0.15, 0.2) is 12.0 Å². The van der Waals surface area contributed by atoms with E-state index in [4.69, 9.17) is 9.15 Å². The van der Waals surface area contributed by atoms with E-state index in [1.165, 1.54) is 19.3 Å². The van der Waals surface area contributed by atoms with Crippen molar-refractivity contribution in [3.63, 3.8) is 0 Å². The first-order chi connectivity index (χ1) is 6.15. The molecule has 0 aliphatic heterocycles. The first-order valence-electron chi connectivity index (χ1n) is 3.55. The molecule has 0 saturated heterocycles. The van der Waals surface area contributed by atoms with Gasteiger partial charge in [-0.3, -0.25) is 4.79 Å². The van der Waals surface area contributed by atoms with Gasteiger partial charge in [-0.2, -0.15) is 0 Å².